The Morgan fingerprint density at radius 2 is 1.95 bits per heavy atom. The minimum Gasteiger partial charge on any atom is -0.495 e. The topological polar surface area (TPSA) is 29.5 Å². The van der Waals surface area contributed by atoms with E-state index in [-0.39, 0.29) is 11.8 Å². The number of ether oxygens (including phenoxy) is 1. The Morgan fingerprint density at radius 1 is 1.19 bits per heavy atom. The summed E-state index contributed by atoms with van der Waals surface area (Å²) in [5, 5.41) is 0. The fourth-order valence-electron chi connectivity index (χ4n) is 2.75. The van der Waals surface area contributed by atoms with E-state index in [1.54, 1.807) is 7.11 Å². The number of hydrogen-bond donors (Lipinski definition) is 0. The first kappa shape index (κ1) is 14.1. The highest BCUT2D eigenvalue weighted by Gasteiger charge is 2.33. The number of benzene rings is 2. The van der Waals surface area contributed by atoms with Gasteiger partial charge in [0, 0.05) is 18.3 Å². The number of rotatable bonds is 3. The normalized spacial score (nSPS) is 18.1. The first-order chi connectivity index (χ1) is 10.2. The van der Waals surface area contributed by atoms with Crippen LogP contribution in [0.25, 0.3) is 0 Å². The maximum atomic E-state index is 12.7. The zero-order valence-electron chi connectivity index (χ0n) is 11.8. The van der Waals surface area contributed by atoms with Crippen molar-refractivity contribution in [2.45, 2.75) is 12.3 Å². The van der Waals surface area contributed by atoms with Crippen LogP contribution in [0.5, 0.6) is 5.75 Å². The summed E-state index contributed by atoms with van der Waals surface area (Å²) in [6.07, 6.45) is 0.848. The van der Waals surface area contributed by atoms with Crippen LogP contribution in [0.15, 0.2) is 53.0 Å². The fraction of sp³-hybridized carbons (Fsp3) is 0.235. The van der Waals surface area contributed by atoms with Gasteiger partial charge in [-0.15, -0.1) is 0 Å². The van der Waals surface area contributed by atoms with Crippen molar-refractivity contribution in [3.63, 3.8) is 0 Å². The Morgan fingerprint density at radius 3 is 2.67 bits per heavy atom. The smallest absolute Gasteiger partial charge is 0.234 e. The maximum Gasteiger partial charge on any atom is 0.234 e. The van der Waals surface area contributed by atoms with E-state index < -0.39 is 0 Å². The molecule has 0 saturated carbocycles. The molecular weight excluding hydrogens is 330 g/mol. The van der Waals surface area contributed by atoms with Crippen molar-refractivity contribution < 1.29 is 9.53 Å². The van der Waals surface area contributed by atoms with Crippen LogP contribution in [-0.2, 0) is 4.79 Å². The van der Waals surface area contributed by atoms with E-state index in [0.717, 1.165) is 34.4 Å². The van der Waals surface area contributed by atoms with Crippen molar-refractivity contribution in [3.05, 3.63) is 58.6 Å². The second kappa shape index (κ2) is 5.90. The first-order valence-corrected chi connectivity index (χ1v) is 7.70. The Labute approximate surface area is 132 Å². The standard InChI is InChI=1S/C17H16BrNO2/c1-21-16-11-13(7-8-15(16)18)19-10-9-14(17(19)20)12-5-3-2-4-6-12/h2-8,11,14H,9-10H2,1H3. The van der Waals surface area contributed by atoms with Crippen molar-refractivity contribution in [1.29, 1.82) is 0 Å². The number of carbonyl (C=O) groups is 1. The third-order valence-electron chi connectivity index (χ3n) is 3.85. The fourth-order valence-corrected chi connectivity index (χ4v) is 3.16. The van der Waals surface area contributed by atoms with Gasteiger partial charge in [0.2, 0.25) is 5.91 Å². The molecule has 3 rings (SSSR count). The van der Waals surface area contributed by atoms with Crippen LogP contribution in [0.2, 0.25) is 0 Å². The lowest BCUT2D eigenvalue weighted by Crippen LogP contribution is -2.26. The maximum absolute atomic E-state index is 12.7. The van der Waals surface area contributed by atoms with Gasteiger partial charge in [0.1, 0.15) is 5.75 Å². The average Bonchev–Trinajstić information content (AvgIpc) is 2.90. The molecule has 3 nitrogen and oxygen atoms in total. The highest BCUT2D eigenvalue weighted by Crippen LogP contribution is 2.35. The lowest BCUT2D eigenvalue weighted by atomic mass is 9.98. The summed E-state index contributed by atoms with van der Waals surface area (Å²) in [5.74, 6) is 0.856. The van der Waals surface area contributed by atoms with Crippen LogP contribution in [0.1, 0.15) is 17.9 Å². The number of nitrogens with zero attached hydrogens (tertiary/aromatic N) is 1. The number of methoxy groups -OCH3 is 1. The van der Waals surface area contributed by atoms with Crippen molar-refractivity contribution in [1.82, 2.24) is 0 Å². The van der Waals surface area contributed by atoms with Crippen molar-refractivity contribution in [3.8, 4) is 5.75 Å². The highest BCUT2D eigenvalue weighted by molar-refractivity contribution is 9.10. The largest absolute Gasteiger partial charge is 0.495 e. The summed E-state index contributed by atoms with van der Waals surface area (Å²) in [6, 6.07) is 15.7. The van der Waals surface area contributed by atoms with Gasteiger partial charge in [0.05, 0.1) is 17.5 Å². The minimum absolute atomic E-state index is 0.0409. The summed E-state index contributed by atoms with van der Waals surface area (Å²) < 4.78 is 6.20. The molecule has 4 heteroatoms. The molecule has 1 fully saturated rings. The molecule has 21 heavy (non-hydrogen) atoms. The number of amides is 1. The third kappa shape index (κ3) is 2.68. The summed E-state index contributed by atoms with van der Waals surface area (Å²) >= 11 is 3.43. The average molecular weight is 346 g/mol. The first-order valence-electron chi connectivity index (χ1n) is 6.90. The van der Waals surface area contributed by atoms with Crippen LogP contribution >= 0.6 is 15.9 Å². The predicted octanol–water partition coefficient (Wildman–Crippen LogP) is 3.98. The summed E-state index contributed by atoms with van der Waals surface area (Å²) in [4.78, 5) is 14.5. The van der Waals surface area contributed by atoms with Crippen molar-refractivity contribution >= 4 is 27.5 Å². The zero-order valence-corrected chi connectivity index (χ0v) is 13.3. The zero-order chi connectivity index (χ0) is 14.8. The van der Waals surface area contributed by atoms with Gasteiger partial charge in [-0.1, -0.05) is 30.3 Å². The molecule has 0 aromatic heterocycles. The number of halogens is 1. The van der Waals surface area contributed by atoms with Gasteiger partial charge in [0.15, 0.2) is 0 Å². The van der Waals surface area contributed by atoms with Crippen molar-refractivity contribution in [2.75, 3.05) is 18.6 Å². The highest BCUT2D eigenvalue weighted by atomic mass is 79.9. The van der Waals surface area contributed by atoms with E-state index in [9.17, 15) is 4.79 Å². The van der Waals surface area contributed by atoms with E-state index >= 15 is 0 Å². The molecule has 1 aliphatic heterocycles. The second-order valence-electron chi connectivity index (χ2n) is 5.06. The van der Waals surface area contributed by atoms with E-state index in [0.29, 0.717) is 0 Å². The molecule has 2 aromatic rings. The molecule has 2 aromatic carbocycles. The molecule has 0 bridgehead atoms. The van der Waals surface area contributed by atoms with Crippen molar-refractivity contribution in [2.24, 2.45) is 0 Å². The van der Waals surface area contributed by atoms with Gasteiger partial charge < -0.3 is 9.64 Å². The Bertz CT molecular complexity index is 657. The summed E-state index contributed by atoms with van der Waals surface area (Å²) in [7, 11) is 1.63. The molecule has 1 saturated heterocycles. The number of anilines is 1. The summed E-state index contributed by atoms with van der Waals surface area (Å²) in [6.45, 7) is 0.739. The molecule has 1 amide bonds. The van der Waals surface area contributed by atoms with E-state index in [1.165, 1.54) is 0 Å². The van der Waals surface area contributed by atoms with Crippen LogP contribution in [0, 0.1) is 0 Å². The van der Waals surface area contributed by atoms with Crippen LogP contribution in [0.3, 0.4) is 0 Å². The van der Waals surface area contributed by atoms with Crippen LogP contribution in [-0.4, -0.2) is 19.6 Å². The molecule has 108 valence electrons. The van der Waals surface area contributed by atoms with Gasteiger partial charge in [0.25, 0.3) is 0 Å². The van der Waals surface area contributed by atoms with E-state index in [4.69, 9.17) is 4.74 Å². The molecule has 1 aliphatic rings. The molecular formula is C17H16BrNO2. The molecule has 1 heterocycles. The van der Waals surface area contributed by atoms with Gasteiger partial charge in [-0.2, -0.15) is 0 Å². The second-order valence-corrected chi connectivity index (χ2v) is 5.92. The van der Waals surface area contributed by atoms with Gasteiger partial charge >= 0.3 is 0 Å². The minimum atomic E-state index is -0.0409. The third-order valence-corrected chi connectivity index (χ3v) is 4.51. The quantitative estimate of drug-likeness (QED) is 0.841. The van der Waals surface area contributed by atoms with Gasteiger partial charge in [-0.25, -0.2) is 0 Å². The van der Waals surface area contributed by atoms with E-state index in [2.05, 4.69) is 15.9 Å². The van der Waals surface area contributed by atoms with Gasteiger partial charge in [-0.05, 0) is 40.0 Å². The molecule has 1 unspecified atom stereocenters. The lowest BCUT2D eigenvalue weighted by Gasteiger charge is -2.18. The van der Waals surface area contributed by atoms with Crippen LogP contribution < -0.4 is 9.64 Å². The van der Waals surface area contributed by atoms with E-state index in [1.807, 2.05) is 53.4 Å². The molecule has 0 radical (unpaired) electrons. The molecule has 0 N–H and O–H groups in total. The van der Waals surface area contributed by atoms with Gasteiger partial charge in [-0.3, -0.25) is 4.79 Å². The number of hydrogen-bond acceptors (Lipinski definition) is 2. The Hall–Kier alpha value is -1.81. The molecule has 0 aliphatic carbocycles. The predicted molar refractivity (Wildman–Crippen MR) is 86.8 cm³/mol. The molecule has 1 atom stereocenters. The summed E-state index contributed by atoms with van der Waals surface area (Å²) in [5.41, 5.74) is 1.98. The Balaban J connectivity index is 1.87. The monoisotopic (exact) mass is 345 g/mol. The SMILES string of the molecule is COc1cc(N2CCC(c3ccccc3)C2=O)ccc1Br. The Kier molecular flexibility index (Phi) is 3.97. The molecule has 0 spiro atoms. The number of carbonyl (C=O) groups excluding carboxylic acids is 1. The van der Waals surface area contributed by atoms with Crippen LogP contribution in [0.4, 0.5) is 5.69 Å². The lowest BCUT2D eigenvalue weighted by molar-refractivity contribution is -0.118.